The molecule has 1 aliphatic rings. The second-order valence-electron chi connectivity index (χ2n) is 6.70. The smallest absolute Gasteiger partial charge is 0.345 e. The molecule has 0 bridgehead atoms. The molecular formula is C21H21NO7. The minimum Gasteiger partial charge on any atom is -0.486 e. The van der Waals surface area contributed by atoms with Gasteiger partial charge in [-0.2, -0.15) is 0 Å². The summed E-state index contributed by atoms with van der Waals surface area (Å²) in [6.07, 6.45) is 0.985. The Labute approximate surface area is 167 Å². The van der Waals surface area contributed by atoms with E-state index in [1.54, 1.807) is 12.1 Å². The molecular weight excluding hydrogens is 378 g/mol. The Morgan fingerprint density at radius 1 is 1.14 bits per heavy atom. The quantitative estimate of drug-likeness (QED) is 0.301. The first-order chi connectivity index (χ1) is 13.9. The van der Waals surface area contributed by atoms with Crippen LogP contribution in [0.25, 0.3) is 0 Å². The van der Waals surface area contributed by atoms with Crippen molar-refractivity contribution in [2.45, 2.75) is 26.2 Å². The maximum absolute atomic E-state index is 12.4. The third-order valence-electron chi connectivity index (χ3n) is 4.83. The Hall–Kier alpha value is -3.42. The maximum atomic E-state index is 12.4. The number of hydrogen-bond donors (Lipinski definition) is 0. The van der Waals surface area contributed by atoms with Gasteiger partial charge in [0.2, 0.25) is 0 Å². The van der Waals surface area contributed by atoms with Crippen molar-refractivity contribution in [1.29, 1.82) is 0 Å². The van der Waals surface area contributed by atoms with Gasteiger partial charge < -0.3 is 14.2 Å². The van der Waals surface area contributed by atoms with E-state index in [0.29, 0.717) is 11.5 Å². The van der Waals surface area contributed by atoms with Crippen LogP contribution >= 0.6 is 0 Å². The first-order valence-corrected chi connectivity index (χ1v) is 9.29. The van der Waals surface area contributed by atoms with Gasteiger partial charge in [0.25, 0.3) is 5.69 Å². The number of fused-ring (bicyclic) bond motifs is 1. The van der Waals surface area contributed by atoms with Crippen LogP contribution in [-0.2, 0) is 4.74 Å². The lowest BCUT2D eigenvalue weighted by Crippen LogP contribution is -2.18. The standard InChI is InChI=1S/C21H21NO7/c1-3-13(2)14-4-6-15(7-5-14)18(23)12-29-21(24)16-10-19-20(28-9-8-27-19)11-17(16)22(25)26/h4-7,10-11,13H,3,8-9,12H2,1-2H3/t13-/m1/s1. The Bertz CT molecular complexity index is 937. The number of benzene rings is 2. The molecule has 8 nitrogen and oxygen atoms in total. The second-order valence-corrected chi connectivity index (χ2v) is 6.70. The highest BCUT2D eigenvalue weighted by Crippen LogP contribution is 2.36. The fourth-order valence-electron chi connectivity index (χ4n) is 2.92. The number of rotatable bonds is 7. The van der Waals surface area contributed by atoms with E-state index in [4.69, 9.17) is 14.2 Å². The molecule has 29 heavy (non-hydrogen) atoms. The summed E-state index contributed by atoms with van der Waals surface area (Å²) in [4.78, 5) is 35.3. The van der Waals surface area contributed by atoms with E-state index in [0.717, 1.165) is 18.1 Å². The lowest BCUT2D eigenvalue weighted by molar-refractivity contribution is -0.385. The molecule has 1 aliphatic heterocycles. The number of nitro groups is 1. The summed E-state index contributed by atoms with van der Waals surface area (Å²) in [6, 6.07) is 9.44. The van der Waals surface area contributed by atoms with E-state index in [9.17, 15) is 19.7 Å². The van der Waals surface area contributed by atoms with Gasteiger partial charge in [-0.1, -0.05) is 38.1 Å². The highest BCUT2D eigenvalue weighted by molar-refractivity contribution is 6.00. The van der Waals surface area contributed by atoms with Crippen molar-refractivity contribution >= 4 is 17.4 Å². The Kier molecular flexibility index (Phi) is 6.11. The third-order valence-corrected chi connectivity index (χ3v) is 4.83. The number of ether oxygens (including phenoxy) is 3. The minimum atomic E-state index is -0.974. The van der Waals surface area contributed by atoms with Crippen molar-refractivity contribution in [3.05, 3.63) is 63.2 Å². The number of esters is 1. The van der Waals surface area contributed by atoms with Gasteiger partial charge >= 0.3 is 5.97 Å². The summed E-state index contributed by atoms with van der Waals surface area (Å²) >= 11 is 0. The van der Waals surface area contributed by atoms with Crippen LogP contribution in [0, 0.1) is 10.1 Å². The lowest BCUT2D eigenvalue weighted by atomic mass is 9.97. The second kappa shape index (κ2) is 8.72. The number of hydrogen-bond acceptors (Lipinski definition) is 7. The zero-order valence-corrected chi connectivity index (χ0v) is 16.2. The monoisotopic (exact) mass is 399 g/mol. The molecule has 0 spiro atoms. The van der Waals surface area contributed by atoms with E-state index in [1.165, 1.54) is 6.07 Å². The summed E-state index contributed by atoms with van der Waals surface area (Å²) in [7, 11) is 0. The van der Waals surface area contributed by atoms with Crippen molar-refractivity contribution in [2.24, 2.45) is 0 Å². The summed E-state index contributed by atoms with van der Waals surface area (Å²) in [6.45, 7) is 4.19. The largest absolute Gasteiger partial charge is 0.486 e. The zero-order valence-electron chi connectivity index (χ0n) is 16.2. The van der Waals surface area contributed by atoms with Crippen LogP contribution in [0.15, 0.2) is 36.4 Å². The topological polar surface area (TPSA) is 105 Å². The van der Waals surface area contributed by atoms with Gasteiger partial charge in [-0.15, -0.1) is 0 Å². The van der Waals surface area contributed by atoms with Gasteiger partial charge in [-0.25, -0.2) is 4.79 Å². The van der Waals surface area contributed by atoms with Crippen LogP contribution in [-0.4, -0.2) is 36.5 Å². The van der Waals surface area contributed by atoms with Crippen LogP contribution in [0.1, 0.15) is 52.5 Å². The number of Topliss-reactive ketones (excluding diaryl/α,β-unsaturated/α-hetero) is 1. The summed E-state index contributed by atoms with van der Waals surface area (Å²) < 4.78 is 15.7. The number of ketones is 1. The Balaban J connectivity index is 1.72. The van der Waals surface area contributed by atoms with E-state index in [2.05, 4.69) is 13.8 Å². The molecule has 0 saturated carbocycles. The number of carbonyl (C=O) groups is 2. The van der Waals surface area contributed by atoms with Crippen molar-refractivity contribution in [1.82, 2.24) is 0 Å². The molecule has 0 fully saturated rings. The maximum Gasteiger partial charge on any atom is 0.345 e. The number of carbonyl (C=O) groups excluding carboxylic acids is 2. The number of nitro benzene ring substituents is 1. The molecule has 0 aliphatic carbocycles. The predicted octanol–water partition coefficient (Wildman–Crippen LogP) is 3.92. The van der Waals surface area contributed by atoms with Crippen LogP contribution in [0.4, 0.5) is 5.69 Å². The summed E-state index contributed by atoms with van der Waals surface area (Å²) in [5.41, 5.74) is 0.762. The molecule has 1 atom stereocenters. The van der Waals surface area contributed by atoms with E-state index >= 15 is 0 Å². The van der Waals surface area contributed by atoms with Crippen LogP contribution in [0.2, 0.25) is 0 Å². The SMILES string of the molecule is CC[C@@H](C)c1ccc(C(=O)COC(=O)c2cc3c(cc2[N+](=O)[O-])OCCO3)cc1. The average molecular weight is 399 g/mol. The molecule has 0 radical (unpaired) electrons. The van der Waals surface area contributed by atoms with Crippen molar-refractivity contribution in [3.8, 4) is 11.5 Å². The Morgan fingerprint density at radius 3 is 2.34 bits per heavy atom. The lowest BCUT2D eigenvalue weighted by Gasteiger charge is -2.18. The van der Waals surface area contributed by atoms with Gasteiger partial charge in [0.1, 0.15) is 18.8 Å². The summed E-state index contributed by atoms with van der Waals surface area (Å²) in [5.74, 6) is -0.571. The number of nitrogens with zero attached hydrogens (tertiary/aromatic N) is 1. The molecule has 2 aromatic carbocycles. The van der Waals surface area contributed by atoms with E-state index in [-0.39, 0.29) is 30.3 Å². The molecule has 0 amide bonds. The highest BCUT2D eigenvalue weighted by Gasteiger charge is 2.27. The van der Waals surface area contributed by atoms with E-state index < -0.39 is 29.0 Å². The average Bonchev–Trinajstić information content (AvgIpc) is 2.75. The van der Waals surface area contributed by atoms with Crippen LogP contribution in [0.5, 0.6) is 11.5 Å². The fraction of sp³-hybridized carbons (Fsp3) is 0.333. The fourth-order valence-corrected chi connectivity index (χ4v) is 2.92. The zero-order chi connectivity index (χ0) is 21.0. The predicted molar refractivity (Wildman–Crippen MR) is 104 cm³/mol. The summed E-state index contributed by atoms with van der Waals surface area (Å²) in [5, 5.41) is 11.3. The first-order valence-electron chi connectivity index (χ1n) is 9.29. The molecule has 0 unspecified atom stereocenters. The highest BCUT2D eigenvalue weighted by atomic mass is 16.6. The van der Waals surface area contributed by atoms with E-state index in [1.807, 2.05) is 12.1 Å². The van der Waals surface area contributed by atoms with Crippen molar-refractivity contribution in [2.75, 3.05) is 19.8 Å². The molecule has 2 aromatic rings. The van der Waals surface area contributed by atoms with Crippen molar-refractivity contribution in [3.63, 3.8) is 0 Å². The third kappa shape index (κ3) is 4.53. The van der Waals surface area contributed by atoms with Gasteiger partial charge in [0.05, 0.1) is 11.0 Å². The van der Waals surface area contributed by atoms with Gasteiger partial charge in [-0.3, -0.25) is 14.9 Å². The molecule has 0 saturated heterocycles. The first kappa shape index (κ1) is 20.3. The molecule has 152 valence electrons. The van der Waals surface area contributed by atoms with Crippen molar-refractivity contribution < 1.29 is 28.7 Å². The van der Waals surface area contributed by atoms with Gasteiger partial charge in [-0.05, 0) is 17.9 Å². The molecule has 0 N–H and O–H groups in total. The molecule has 8 heteroatoms. The van der Waals surface area contributed by atoms with Gasteiger partial charge in [0.15, 0.2) is 23.9 Å². The molecule has 1 heterocycles. The normalized spacial score (nSPS) is 13.4. The molecule has 3 rings (SSSR count). The Morgan fingerprint density at radius 2 is 1.76 bits per heavy atom. The van der Waals surface area contributed by atoms with Crippen LogP contribution in [0.3, 0.4) is 0 Å². The van der Waals surface area contributed by atoms with Gasteiger partial charge in [0, 0.05) is 11.6 Å². The molecule has 0 aromatic heterocycles. The minimum absolute atomic E-state index is 0.192. The van der Waals surface area contributed by atoms with Crippen LogP contribution < -0.4 is 9.47 Å².